The molecule has 3 nitrogen and oxygen atoms in total. The summed E-state index contributed by atoms with van der Waals surface area (Å²) in [4.78, 5) is 16.0. The second kappa shape index (κ2) is 5.46. The fourth-order valence-corrected chi connectivity index (χ4v) is 3.78. The maximum Gasteiger partial charge on any atom is 0.254 e. The number of carbonyl (C=O) groups is 1. The maximum atomic E-state index is 12.7. The second-order valence-corrected chi connectivity index (χ2v) is 6.48. The zero-order chi connectivity index (χ0) is 14.9. The van der Waals surface area contributed by atoms with E-state index in [2.05, 4.69) is 11.4 Å². The molecule has 0 bridgehead atoms. The monoisotopic (exact) mass is 308 g/mol. The Morgan fingerprint density at radius 2 is 1.82 bits per heavy atom. The van der Waals surface area contributed by atoms with Crippen molar-refractivity contribution in [3.05, 3.63) is 76.2 Å². The predicted octanol–water partition coefficient (Wildman–Crippen LogP) is 3.74. The lowest BCUT2D eigenvalue weighted by Crippen LogP contribution is -2.35. The Labute approximate surface area is 133 Å². The minimum atomic E-state index is 0.121. The number of aromatic nitrogens is 1. The second-order valence-electron chi connectivity index (χ2n) is 5.48. The van der Waals surface area contributed by atoms with Crippen LogP contribution in [-0.2, 0) is 13.0 Å². The molecule has 110 valence electrons. The van der Waals surface area contributed by atoms with E-state index in [1.807, 2.05) is 58.3 Å². The average Bonchev–Trinajstić information content (AvgIpc) is 3.25. The van der Waals surface area contributed by atoms with Crippen LogP contribution in [0.25, 0.3) is 5.69 Å². The zero-order valence-electron chi connectivity index (χ0n) is 12.1. The molecule has 2 aromatic heterocycles. The lowest BCUT2D eigenvalue weighted by Gasteiger charge is -2.27. The van der Waals surface area contributed by atoms with Gasteiger partial charge in [0, 0.05) is 41.6 Å². The lowest BCUT2D eigenvalue weighted by molar-refractivity contribution is 0.0736. The van der Waals surface area contributed by atoms with Gasteiger partial charge in [0.15, 0.2) is 0 Å². The summed E-state index contributed by atoms with van der Waals surface area (Å²) in [5.74, 6) is 0.121. The van der Waals surface area contributed by atoms with Crippen molar-refractivity contribution in [1.82, 2.24) is 9.47 Å². The van der Waals surface area contributed by atoms with Crippen LogP contribution in [0.1, 0.15) is 20.8 Å². The molecule has 3 aromatic rings. The van der Waals surface area contributed by atoms with Gasteiger partial charge >= 0.3 is 0 Å². The quantitative estimate of drug-likeness (QED) is 0.708. The van der Waals surface area contributed by atoms with Crippen LogP contribution in [0.3, 0.4) is 0 Å². The van der Waals surface area contributed by atoms with Crippen molar-refractivity contribution in [2.24, 2.45) is 0 Å². The van der Waals surface area contributed by atoms with E-state index in [1.165, 1.54) is 10.4 Å². The molecule has 1 aromatic carbocycles. The first kappa shape index (κ1) is 13.3. The van der Waals surface area contributed by atoms with Crippen molar-refractivity contribution in [2.45, 2.75) is 13.0 Å². The van der Waals surface area contributed by atoms with Crippen LogP contribution in [0, 0.1) is 0 Å². The number of hydrogen-bond donors (Lipinski definition) is 0. The zero-order valence-corrected chi connectivity index (χ0v) is 12.9. The molecule has 4 heteroatoms. The summed E-state index contributed by atoms with van der Waals surface area (Å²) in [5, 5.41) is 2.12. The van der Waals surface area contributed by atoms with Gasteiger partial charge in [0.25, 0.3) is 5.91 Å². The lowest BCUT2D eigenvalue weighted by atomic mass is 10.1. The molecule has 0 radical (unpaired) electrons. The molecule has 0 aliphatic carbocycles. The number of nitrogens with zero attached hydrogens (tertiary/aromatic N) is 2. The molecular weight excluding hydrogens is 292 g/mol. The third kappa shape index (κ3) is 2.35. The number of rotatable bonds is 2. The number of fused-ring (bicyclic) bond motifs is 1. The van der Waals surface area contributed by atoms with Crippen molar-refractivity contribution >= 4 is 17.2 Å². The van der Waals surface area contributed by atoms with E-state index in [0.29, 0.717) is 0 Å². The summed E-state index contributed by atoms with van der Waals surface area (Å²) >= 11 is 1.79. The first-order chi connectivity index (χ1) is 10.8. The van der Waals surface area contributed by atoms with Crippen molar-refractivity contribution in [3.8, 4) is 5.69 Å². The Morgan fingerprint density at radius 3 is 2.59 bits per heavy atom. The molecule has 1 amide bonds. The highest BCUT2D eigenvalue weighted by atomic mass is 32.1. The van der Waals surface area contributed by atoms with E-state index in [1.54, 1.807) is 11.3 Å². The van der Waals surface area contributed by atoms with Crippen LogP contribution in [0.15, 0.2) is 60.2 Å². The van der Waals surface area contributed by atoms with Gasteiger partial charge in [-0.15, -0.1) is 11.3 Å². The summed E-state index contributed by atoms with van der Waals surface area (Å²) in [6.07, 6.45) is 4.97. The highest BCUT2D eigenvalue weighted by Gasteiger charge is 2.22. The SMILES string of the molecule is O=C(c1ccc(-n2cccc2)cc1)N1CCc2sccc2C1. The molecule has 0 spiro atoms. The number of benzene rings is 1. The third-order valence-corrected chi connectivity index (χ3v) is 5.13. The molecule has 0 fully saturated rings. The van der Waals surface area contributed by atoms with Gasteiger partial charge in [0.2, 0.25) is 0 Å². The third-order valence-electron chi connectivity index (χ3n) is 4.11. The van der Waals surface area contributed by atoms with Gasteiger partial charge in [0.05, 0.1) is 0 Å². The molecule has 3 heterocycles. The topological polar surface area (TPSA) is 25.2 Å². The minimum Gasteiger partial charge on any atom is -0.334 e. The summed E-state index contributed by atoms with van der Waals surface area (Å²) in [6.45, 7) is 1.54. The number of amides is 1. The van der Waals surface area contributed by atoms with E-state index < -0.39 is 0 Å². The Balaban J connectivity index is 1.54. The molecule has 0 N–H and O–H groups in total. The van der Waals surface area contributed by atoms with E-state index in [4.69, 9.17) is 0 Å². The largest absolute Gasteiger partial charge is 0.334 e. The summed E-state index contributed by atoms with van der Waals surface area (Å²) in [6, 6.07) is 13.9. The van der Waals surface area contributed by atoms with Crippen molar-refractivity contribution in [3.63, 3.8) is 0 Å². The summed E-state index contributed by atoms with van der Waals surface area (Å²) in [5.41, 5.74) is 3.13. The molecule has 4 rings (SSSR count). The summed E-state index contributed by atoms with van der Waals surface area (Å²) in [7, 11) is 0. The molecule has 22 heavy (non-hydrogen) atoms. The van der Waals surface area contributed by atoms with Gasteiger partial charge in [-0.3, -0.25) is 4.79 Å². The van der Waals surface area contributed by atoms with Crippen molar-refractivity contribution in [2.75, 3.05) is 6.54 Å². The predicted molar refractivity (Wildman–Crippen MR) is 88.5 cm³/mol. The molecule has 0 atom stereocenters. The molecule has 0 unspecified atom stereocenters. The Bertz CT molecular complexity index is 787. The first-order valence-corrected chi connectivity index (χ1v) is 8.27. The van der Waals surface area contributed by atoms with Gasteiger partial charge in [0.1, 0.15) is 0 Å². The molecule has 1 aliphatic heterocycles. The molecule has 0 saturated heterocycles. The van der Waals surface area contributed by atoms with Gasteiger partial charge in [-0.1, -0.05) is 0 Å². The van der Waals surface area contributed by atoms with Crippen LogP contribution >= 0.6 is 11.3 Å². The maximum absolute atomic E-state index is 12.7. The smallest absolute Gasteiger partial charge is 0.254 e. The summed E-state index contributed by atoms with van der Waals surface area (Å²) < 4.78 is 2.03. The Hall–Kier alpha value is -2.33. The number of thiophene rings is 1. The van der Waals surface area contributed by atoms with Gasteiger partial charge in [-0.05, 0) is 59.8 Å². The van der Waals surface area contributed by atoms with E-state index in [-0.39, 0.29) is 5.91 Å². The van der Waals surface area contributed by atoms with Crippen LogP contribution in [0.4, 0.5) is 0 Å². The fourth-order valence-electron chi connectivity index (χ4n) is 2.89. The Morgan fingerprint density at radius 1 is 1.05 bits per heavy atom. The average molecular weight is 308 g/mol. The highest BCUT2D eigenvalue weighted by Crippen LogP contribution is 2.25. The van der Waals surface area contributed by atoms with E-state index in [0.717, 1.165) is 30.8 Å². The van der Waals surface area contributed by atoms with Crippen LogP contribution in [-0.4, -0.2) is 21.9 Å². The highest BCUT2D eigenvalue weighted by molar-refractivity contribution is 7.10. The Kier molecular flexibility index (Phi) is 3.31. The molecule has 0 saturated carbocycles. The van der Waals surface area contributed by atoms with Crippen molar-refractivity contribution < 1.29 is 4.79 Å². The number of hydrogen-bond acceptors (Lipinski definition) is 2. The van der Waals surface area contributed by atoms with Crippen LogP contribution in [0.2, 0.25) is 0 Å². The van der Waals surface area contributed by atoms with Crippen LogP contribution < -0.4 is 0 Å². The van der Waals surface area contributed by atoms with E-state index in [9.17, 15) is 4.79 Å². The van der Waals surface area contributed by atoms with E-state index >= 15 is 0 Å². The molecule has 1 aliphatic rings. The molecular formula is C18H16N2OS. The first-order valence-electron chi connectivity index (χ1n) is 7.39. The fraction of sp³-hybridized carbons (Fsp3) is 0.167. The standard InChI is InChI=1S/C18H16N2OS/c21-18(20-11-7-17-15(13-20)8-12-22-17)14-3-5-16(6-4-14)19-9-1-2-10-19/h1-6,8-10,12H,7,11,13H2. The number of carbonyl (C=O) groups excluding carboxylic acids is 1. The minimum absolute atomic E-state index is 0.121. The van der Waals surface area contributed by atoms with Crippen LogP contribution in [0.5, 0.6) is 0 Å². The van der Waals surface area contributed by atoms with Gasteiger partial charge < -0.3 is 9.47 Å². The van der Waals surface area contributed by atoms with Gasteiger partial charge in [-0.25, -0.2) is 0 Å². The normalized spacial score (nSPS) is 13.9. The van der Waals surface area contributed by atoms with Gasteiger partial charge in [-0.2, -0.15) is 0 Å². The van der Waals surface area contributed by atoms with Crippen molar-refractivity contribution in [1.29, 1.82) is 0 Å².